The van der Waals surface area contributed by atoms with Crippen molar-refractivity contribution < 1.29 is 23.4 Å². The van der Waals surface area contributed by atoms with Gasteiger partial charge < -0.3 is 33.7 Å². The lowest BCUT2D eigenvalue weighted by Crippen LogP contribution is -2.43. The molecule has 3 aliphatic rings. The Labute approximate surface area is 187 Å². The molecule has 1 aromatic heterocycles. The first-order valence-corrected chi connectivity index (χ1v) is 11.2. The smallest absolute Gasteiger partial charge is 0.298 e. The number of hydrogen-bond acceptors (Lipinski definition) is 8. The van der Waals surface area contributed by atoms with Crippen LogP contribution >= 0.6 is 0 Å². The summed E-state index contributed by atoms with van der Waals surface area (Å²) < 4.78 is 22.8. The Hall–Kier alpha value is -2.78. The number of benzene rings is 1. The second-order valence-electron chi connectivity index (χ2n) is 9.20. The molecule has 0 spiro atoms. The van der Waals surface area contributed by atoms with Gasteiger partial charge >= 0.3 is 0 Å². The number of anilines is 3. The fraction of sp³-hybridized carbons (Fsp3) is 0.565. The van der Waals surface area contributed by atoms with Crippen molar-refractivity contribution in [3.63, 3.8) is 0 Å². The molecule has 1 aromatic carbocycles. The summed E-state index contributed by atoms with van der Waals surface area (Å²) in [5.41, 5.74) is 2.77. The molecule has 0 saturated carbocycles. The second kappa shape index (κ2) is 8.29. The van der Waals surface area contributed by atoms with E-state index in [1.807, 2.05) is 24.0 Å². The highest BCUT2D eigenvalue weighted by molar-refractivity contribution is 6.05. The van der Waals surface area contributed by atoms with E-state index in [9.17, 15) is 4.79 Å². The van der Waals surface area contributed by atoms with E-state index in [1.165, 1.54) is 6.26 Å². The first-order valence-electron chi connectivity index (χ1n) is 11.2. The molecule has 1 N–H and O–H groups in total. The number of amides is 1. The average Bonchev–Trinajstić information content (AvgIpc) is 3.37. The lowest BCUT2D eigenvalue weighted by atomic mass is 10.0. The summed E-state index contributed by atoms with van der Waals surface area (Å²) in [6.45, 7) is 10.9. The molecule has 0 aliphatic carbocycles. The minimum absolute atomic E-state index is 0.145. The van der Waals surface area contributed by atoms with Gasteiger partial charge in [-0.25, -0.2) is 0 Å². The fourth-order valence-electron chi connectivity index (χ4n) is 4.50. The molecule has 0 bridgehead atoms. The molecule has 2 fully saturated rings. The van der Waals surface area contributed by atoms with Crippen LogP contribution < -0.4 is 19.9 Å². The molecule has 0 radical (unpaired) electrons. The Morgan fingerprint density at radius 3 is 2.72 bits per heavy atom. The number of morpholine rings is 2. The van der Waals surface area contributed by atoms with Crippen molar-refractivity contribution >= 4 is 23.3 Å². The van der Waals surface area contributed by atoms with Crippen LogP contribution in [0.15, 0.2) is 22.8 Å². The van der Waals surface area contributed by atoms with Crippen molar-refractivity contribution in [3.8, 4) is 5.75 Å². The predicted molar refractivity (Wildman–Crippen MR) is 120 cm³/mol. The van der Waals surface area contributed by atoms with Crippen molar-refractivity contribution in [3.05, 3.63) is 29.7 Å². The van der Waals surface area contributed by atoms with Gasteiger partial charge in [0.15, 0.2) is 5.69 Å². The Kier molecular flexibility index (Phi) is 5.46. The maximum atomic E-state index is 13.1. The number of hydrogen-bond donors (Lipinski definition) is 1. The zero-order valence-corrected chi connectivity index (χ0v) is 18.8. The summed E-state index contributed by atoms with van der Waals surface area (Å²) in [7, 11) is 0. The maximum absolute atomic E-state index is 13.1. The number of ether oxygens (including phenoxy) is 3. The first-order chi connectivity index (χ1) is 15.4. The number of nitrogens with one attached hydrogen (secondary N) is 1. The zero-order chi connectivity index (χ0) is 22.3. The van der Waals surface area contributed by atoms with Crippen LogP contribution in [0.3, 0.4) is 0 Å². The number of aromatic nitrogens is 1. The number of fused-ring (bicyclic) bond motifs is 1. The second-order valence-corrected chi connectivity index (χ2v) is 9.20. The van der Waals surface area contributed by atoms with E-state index in [4.69, 9.17) is 18.6 Å². The van der Waals surface area contributed by atoms with E-state index in [-0.39, 0.29) is 23.2 Å². The van der Waals surface area contributed by atoms with Gasteiger partial charge in [-0.15, -0.1) is 0 Å². The Balaban J connectivity index is 1.40. The molecule has 1 unspecified atom stereocenters. The predicted octanol–water partition coefficient (Wildman–Crippen LogP) is 2.70. The van der Waals surface area contributed by atoms with Gasteiger partial charge in [-0.05, 0) is 26.8 Å². The molecule has 1 atom stereocenters. The van der Waals surface area contributed by atoms with Crippen LogP contribution in [0.5, 0.6) is 5.75 Å². The van der Waals surface area contributed by atoms with E-state index in [0.29, 0.717) is 39.0 Å². The van der Waals surface area contributed by atoms with Crippen molar-refractivity contribution in [2.24, 2.45) is 0 Å². The third-order valence-electron chi connectivity index (χ3n) is 6.12. The van der Waals surface area contributed by atoms with Gasteiger partial charge in [0.05, 0.1) is 43.8 Å². The Morgan fingerprint density at radius 1 is 1.16 bits per heavy atom. The van der Waals surface area contributed by atoms with Crippen molar-refractivity contribution in [2.75, 3.05) is 61.2 Å². The van der Waals surface area contributed by atoms with Gasteiger partial charge in [-0.3, -0.25) is 4.79 Å². The Morgan fingerprint density at radius 2 is 1.94 bits per heavy atom. The number of rotatable bonds is 4. The van der Waals surface area contributed by atoms with Gasteiger partial charge in [-0.2, -0.15) is 4.98 Å². The molecule has 5 rings (SSSR count). The minimum atomic E-state index is -0.298. The van der Waals surface area contributed by atoms with Crippen LogP contribution in [0.1, 0.15) is 36.8 Å². The van der Waals surface area contributed by atoms with Crippen molar-refractivity contribution in [1.82, 2.24) is 4.98 Å². The highest BCUT2D eigenvalue weighted by Crippen LogP contribution is 2.42. The number of carbonyl (C=O) groups is 1. The van der Waals surface area contributed by atoms with Crippen LogP contribution in [0.4, 0.5) is 17.4 Å². The van der Waals surface area contributed by atoms with Gasteiger partial charge in [-0.1, -0.05) is 0 Å². The highest BCUT2D eigenvalue weighted by atomic mass is 16.5. The standard InChI is InChI=1S/C23H30N4O5/c1-15-13-30-9-6-27(15)22-25-18(14-31-22)21(28)24-17-10-16-12-23(2,3)32-20(16)11-19(17)26-4-7-29-8-5-26/h10-11,14-15H,4-9,12-13H2,1-3H3,(H,24,28). The minimum Gasteiger partial charge on any atom is -0.487 e. The van der Waals surface area contributed by atoms with E-state index in [0.717, 1.165) is 42.2 Å². The highest BCUT2D eigenvalue weighted by Gasteiger charge is 2.32. The third-order valence-corrected chi connectivity index (χ3v) is 6.12. The molecule has 1 amide bonds. The molecule has 2 saturated heterocycles. The van der Waals surface area contributed by atoms with Crippen LogP contribution in [0, 0.1) is 0 Å². The van der Waals surface area contributed by atoms with Crippen LogP contribution in [0.25, 0.3) is 0 Å². The average molecular weight is 443 g/mol. The molecule has 9 heteroatoms. The van der Waals surface area contributed by atoms with E-state index < -0.39 is 0 Å². The van der Waals surface area contributed by atoms with E-state index in [1.54, 1.807) is 0 Å². The third kappa shape index (κ3) is 4.14. The maximum Gasteiger partial charge on any atom is 0.298 e. The van der Waals surface area contributed by atoms with Gasteiger partial charge in [0, 0.05) is 37.7 Å². The lowest BCUT2D eigenvalue weighted by molar-refractivity contribution is 0.0961. The molecule has 3 aliphatic heterocycles. The number of nitrogens with zero attached hydrogens (tertiary/aromatic N) is 3. The fourth-order valence-corrected chi connectivity index (χ4v) is 4.50. The Bertz CT molecular complexity index is 998. The topological polar surface area (TPSA) is 89.3 Å². The van der Waals surface area contributed by atoms with Gasteiger partial charge in [0.25, 0.3) is 11.9 Å². The largest absolute Gasteiger partial charge is 0.487 e. The first kappa shape index (κ1) is 21.1. The summed E-state index contributed by atoms with van der Waals surface area (Å²) in [4.78, 5) is 21.8. The summed E-state index contributed by atoms with van der Waals surface area (Å²) in [6, 6.07) is 4.65. The van der Waals surface area contributed by atoms with Crippen molar-refractivity contribution in [1.29, 1.82) is 0 Å². The SMILES string of the molecule is CC1COCCN1c1nc(C(=O)Nc2cc3c(cc2N2CCOCC2)OC(C)(C)C3)co1. The van der Waals surface area contributed by atoms with Crippen LogP contribution in [0.2, 0.25) is 0 Å². The van der Waals surface area contributed by atoms with E-state index >= 15 is 0 Å². The molecular formula is C23H30N4O5. The summed E-state index contributed by atoms with van der Waals surface area (Å²) in [6.07, 6.45) is 2.21. The summed E-state index contributed by atoms with van der Waals surface area (Å²) in [5, 5.41) is 3.07. The molecular weight excluding hydrogens is 412 g/mol. The molecule has 32 heavy (non-hydrogen) atoms. The number of carbonyl (C=O) groups excluding carboxylic acids is 1. The van der Waals surface area contributed by atoms with Crippen LogP contribution in [-0.2, 0) is 15.9 Å². The summed E-state index contributed by atoms with van der Waals surface area (Å²) in [5.74, 6) is 0.577. The molecule has 172 valence electrons. The number of oxazole rings is 1. The van der Waals surface area contributed by atoms with Crippen molar-refractivity contribution in [2.45, 2.75) is 38.8 Å². The monoisotopic (exact) mass is 442 g/mol. The normalized spacial score (nSPS) is 22.4. The zero-order valence-electron chi connectivity index (χ0n) is 18.8. The quantitative estimate of drug-likeness (QED) is 0.773. The van der Waals surface area contributed by atoms with Gasteiger partial charge in [0.1, 0.15) is 17.6 Å². The summed E-state index contributed by atoms with van der Waals surface area (Å²) >= 11 is 0. The molecule has 4 heterocycles. The molecule has 9 nitrogen and oxygen atoms in total. The van der Waals surface area contributed by atoms with Crippen LogP contribution in [-0.4, -0.2) is 68.6 Å². The van der Waals surface area contributed by atoms with Gasteiger partial charge in [0.2, 0.25) is 0 Å². The lowest BCUT2D eigenvalue weighted by Gasteiger charge is -2.31. The van der Waals surface area contributed by atoms with E-state index in [2.05, 4.69) is 29.0 Å². The molecule has 2 aromatic rings.